The molecule has 0 fully saturated rings. The molecular weight excluding hydrogens is 306 g/mol. The Morgan fingerprint density at radius 1 is 1.12 bits per heavy atom. The molecule has 0 aliphatic carbocycles. The number of amides is 3. The van der Waals surface area contributed by atoms with Gasteiger partial charge in [-0.2, -0.15) is 0 Å². The van der Waals surface area contributed by atoms with E-state index in [0.29, 0.717) is 31.0 Å². The minimum absolute atomic E-state index is 0.174. The van der Waals surface area contributed by atoms with E-state index < -0.39 is 11.8 Å². The van der Waals surface area contributed by atoms with Crippen molar-refractivity contribution < 1.29 is 14.4 Å². The van der Waals surface area contributed by atoms with E-state index in [9.17, 15) is 14.4 Å². The van der Waals surface area contributed by atoms with Gasteiger partial charge in [0.2, 0.25) is 5.91 Å². The molecule has 0 saturated carbocycles. The maximum absolute atomic E-state index is 12.1. The average Bonchev–Trinajstić information content (AvgIpc) is 2.55. The monoisotopic (exact) mass is 329 g/mol. The van der Waals surface area contributed by atoms with Crippen molar-refractivity contribution in [3.63, 3.8) is 0 Å². The molecule has 0 saturated heterocycles. The molecule has 0 aromatic heterocycles. The number of benzene rings is 1. The standard InChI is InChI=1S/C18H23N3O3/c1-11(2)10-19-17(23)18(24)20-14-8-12-4-3-7-21-15(22)6-5-13(9-14)16(12)21/h8-9,11H,3-7,10H2,1-2H3,(H,19,23)(H,20,24). The Bertz CT molecular complexity index is 680. The number of rotatable bonds is 3. The molecule has 1 aromatic carbocycles. The van der Waals surface area contributed by atoms with Crippen LogP contribution in [-0.4, -0.2) is 30.8 Å². The van der Waals surface area contributed by atoms with E-state index in [1.54, 1.807) is 0 Å². The molecule has 3 amide bonds. The summed E-state index contributed by atoms with van der Waals surface area (Å²) in [7, 11) is 0. The molecule has 6 nitrogen and oxygen atoms in total. The third-order valence-electron chi connectivity index (χ3n) is 4.41. The van der Waals surface area contributed by atoms with Crippen molar-refractivity contribution in [3.05, 3.63) is 23.3 Å². The number of carbonyl (C=O) groups is 3. The van der Waals surface area contributed by atoms with Crippen LogP contribution in [0.15, 0.2) is 12.1 Å². The third kappa shape index (κ3) is 3.27. The number of nitrogens with one attached hydrogen (secondary N) is 2. The quantitative estimate of drug-likeness (QED) is 0.827. The summed E-state index contributed by atoms with van der Waals surface area (Å²) >= 11 is 0. The summed E-state index contributed by atoms with van der Waals surface area (Å²) in [5, 5.41) is 5.30. The lowest BCUT2D eigenvalue weighted by atomic mass is 9.91. The largest absolute Gasteiger partial charge is 0.348 e. The molecule has 2 aliphatic rings. The minimum Gasteiger partial charge on any atom is -0.348 e. The molecule has 3 rings (SSSR count). The lowest BCUT2D eigenvalue weighted by molar-refractivity contribution is -0.136. The van der Waals surface area contributed by atoms with Crippen LogP contribution in [0.5, 0.6) is 0 Å². The second kappa shape index (κ2) is 6.63. The second-order valence-corrected chi connectivity index (χ2v) is 6.85. The van der Waals surface area contributed by atoms with Crippen molar-refractivity contribution in [1.29, 1.82) is 0 Å². The molecule has 2 heterocycles. The van der Waals surface area contributed by atoms with Crippen molar-refractivity contribution >= 4 is 29.1 Å². The first-order valence-corrected chi connectivity index (χ1v) is 8.51. The van der Waals surface area contributed by atoms with Crippen LogP contribution in [0.1, 0.15) is 37.8 Å². The van der Waals surface area contributed by atoms with Gasteiger partial charge in [-0.15, -0.1) is 0 Å². The smallest absolute Gasteiger partial charge is 0.313 e. The molecule has 0 spiro atoms. The highest BCUT2D eigenvalue weighted by Crippen LogP contribution is 2.37. The summed E-state index contributed by atoms with van der Waals surface area (Å²) < 4.78 is 0. The van der Waals surface area contributed by atoms with Crippen molar-refractivity contribution in [2.75, 3.05) is 23.3 Å². The van der Waals surface area contributed by atoms with E-state index in [2.05, 4.69) is 10.6 Å². The highest BCUT2D eigenvalue weighted by Gasteiger charge is 2.29. The van der Waals surface area contributed by atoms with Gasteiger partial charge >= 0.3 is 11.8 Å². The summed E-state index contributed by atoms with van der Waals surface area (Å²) in [5.74, 6) is -0.805. The zero-order valence-corrected chi connectivity index (χ0v) is 14.1. The normalized spacial score (nSPS) is 16.0. The Balaban J connectivity index is 1.77. The average molecular weight is 329 g/mol. The molecule has 0 unspecified atom stereocenters. The van der Waals surface area contributed by atoms with E-state index in [4.69, 9.17) is 0 Å². The van der Waals surface area contributed by atoms with Gasteiger partial charge in [0.25, 0.3) is 0 Å². The lowest BCUT2D eigenvalue weighted by Gasteiger charge is -2.35. The number of hydrogen-bond donors (Lipinski definition) is 2. The Kier molecular flexibility index (Phi) is 4.55. The first-order chi connectivity index (χ1) is 11.5. The summed E-state index contributed by atoms with van der Waals surface area (Å²) in [6, 6.07) is 3.77. The van der Waals surface area contributed by atoms with E-state index in [1.807, 2.05) is 30.9 Å². The predicted molar refractivity (Wildman–Crippen MR) is 91.9 cm³/mol. The maximum atomic E-state index is 12.1. The minimum atomic E-state index is -0.651. The zero-order chi connectivity index (χ0) is 17.3. The Morgan fingerprint density at radius 2 is 1.83 bits per heavy atom. The summed E-state index contributed by atoms with van der Waals surface area (Å²) in [5.41, 5.74) is 3.79. The van der Waals surface area contributed by atoms with E-state index in [0.717, 1.165) is 36.2 Å². The van der Waals surface area contributed by atoms with Crippen molar-refractivity contribution in [2.24, 2.45) is 5.92 Å². The SMILES string of the molecule is CC(C)CNC(=O)C(=O)Nc1cc2c3c(c1)CCC(=O)N3CCC2. The van der Waals surface area contributed by atoms with Gasteiger partial charge < -0.3 is 15.5 Å². The molecule has 128 valence electrons. The van der Waals surface area contributed by atoms with Gasteiger partial charge in [0.05, 0.1) is 5.69 Å². The first kappa shape index (κ1) is 16.5. The Morgan fingerprint density at radius 3 is 2.54 bits per heavy atom. The van der Waals surface area contributed by atoms with Crippen LogP contribution >= 0.6 is 0 Å². The molecule has 0 atom stereocenters. The molecule has 2 N–H and O–H groups in total. The van der Waals surface area contributed by atoms with Crippen LogP contribution < -0.4 is 15.5 Å². The van der Waals surface area contributed by atoms with Gasteiger partial charge in [0.1, 0.15) is 0 Å². The predicted octanol–water partition coefficient (Wildman–Crippen LogP) is 1.62. The molecule has 24 heavy (non-hydrogen) atoms. The van der Waals surface area contributed by atoms with Crippen LogP contribution in [0.2, 0.25) is 0 Å². The highest BCUT2D eigenvalue weighted by molar-refractivity contribution is 6.39. The molecule has 2 aliphatic heterocycles. The fourth-order valence-electron chi connectivity index (χ4n) is 3.29. The van der Waals surface area contributed by atoms with E-state index >= 15 is 0 Å². The summed E-state index contributed by atoms with van der Waals surface area (Å²) in [6.45, 7) is 5.18. The Hall–Kier alpha value is -2.37. The lowest BCUT2D eigenvalue weighted by Crippen LogP contribution is -2.39. The molecule has 1 aromatic rings. The third-order valence-corrected chi connectivity index (χ3v) is 4.41. The number of carbonyl (C=O) groups excluding carboxylic acids is 3. The van der Waals surface area contributed by atoms with Gasteiger partial charge in [-0.3, -0.25) is 14.4 Å². The molecule has 0 radical (unpaired) electrons. The van der Waals surface area contributed by atoms with Crippen LogP contribution in [0.25, 0.3) is 0 Å². The first-order valence-electron chi connectivity index (χ1n) is 8.51. The van der Waals surface area contributed by atoms with Gasteiger partial charge in [0.15, 0.2) is 0 Å². The van der Waals surface area contributed by atoms with Crippen LogP contribution in [0, 0.1) is 5.92 Å². The van der Waals surface area contributed by atoms with Crippen molar-refractivity contribution in [2.45, 2.75) is 39.5 Å². The second-order valence-electron chi connectivity index (χ2n) is 6.85. The number of hydrogen-bond acceptors (Lipinski definition) is 3. The topological polar surface area (TPSA) is 78.5 Å². The highest BCUT2D eigenvalue weighted by atomic mass is 16.2. The number of nitrogens with zero attached hydrogens (tertiary/aromatic N) is 1. The fourth-order valence-corrected chi connectivity index (χ4v) is 3.29. The van der Waals surface area contributed by atoms with Gasteiger partial charge in [-0.1, -0.05) is 13.8 Å². The van der Waals surface area contributed by atoms with Gasteiger partial charge in [-0.25, -0.2) is 0 Å². The number of aryl methyl sites for hydroxylation is 2. The summed E-state index contributed by atoms with van der Waals surface area (Å²) in [4.78, 5) is 37.8. The number of anilines is 2. The Labute approximate surface area is 141 Å². The van der Waals surface area contributed by atoms with Gasteiger partial charge in [-0.05, 0) is 48.4 Å². The molecule has 0 bridgehead atoms. The van der Waals surface area contributed by atoms with E-state index in [-0.39, 0.29) is 5.91 Å². The fraction of sp³-hybridized carbons (Fsp3) is 0.500. The van der Waals surface area contributed by atoms with Crippen molar-refractivity contribution in [1.82, 2.24) is 5.32 Å². The maximum Gasteiger partial charge on any atom is 0.313 e. The van der Waals surface area contributed by atoms with Crippen molar-refractivity contribution in [3.8, 4) is 0 Å². The molecular formula is C18H23N3O3. The van der Waals surface area contributed by atoms with Crippen LogP contribution in [-0.2, 0) is 27.2 Å². The summed E-state index contributed by atoms with van der Waals surface area (Å²) in [6.07, 6.45) is 2.99. The molecule has 6 heteroatoms. The van der Waals surface area contributed by atoms with E-state index in [1.165, 1.54) is 0 Å². The van der Waals surface area contributed by atoms with Crippen LogP contribution in [0.3, 0.4) is 0 Å². The zero-order valence-electron chi connectivity index (χ0n) is 14.1. The van der Waals surface area contributed by atoms with Crippen LogP contribution in [0.4, 0.5) is 11.4 Å². The van der Waals surface area contributed by atoms with Gasteiger partial charge in [0, 0.05) is 25.2 Å².